The first-order valence-corrected chi connectivity index (χ1v) is 19.8. The van der Waals surface area contributed by atoms with Crippen LogP contribution in [0, 0.1) is 23.7 Å². The normalized spacial score (nSPS) is 40.6. The van der Waals surface area contributed by atoms with E-state index < -0.39 is 89.2 Å². The number of carbonyl (C=O) groups excluding carboxylic acids is 2. The van der Waals surface area contributed by atoms with Gasteiger partial charge in [0.05, 0.1) is 59.2 Å². The standard InChI is InChI=1S/C42H66N2O12/c1-12-32-41(7,50)31(18-20-53-38(49)28-17-19-43-29-16-14-13-15-27(28)29)42(8,51)35(47)23(2)22-40(6,52-11)36(25(4)33(45)26(5)37(48)55-32)56-39-34(46)30(44(9)10)21-24(3)54-39/h13-17,19,23-26,30-36,39,45-47,50-51H,12,18,20-22H2,1-11H3/t23-,24-,25+,26-,30+,31+,32-,33+,34-,35?,36-,39+,40-,41+,42?/m1/s1. The molecule has 4 rings (SSSR count). The number of aromatic nitrogens is 1. The summed E-state index contributed by atoms with van der Waals surface area (Å²) in [6, 6.07) is 8.40. The maximum Gasteiger partial charge on any atom is 0.338 e. The van der Waals surface area contributed by atoms with Gasteiger partial charge in [0.15, 0.2) is 6.29 Å². The van der Waals surface area contributed by atoms with Crippen LogP contribution in [0.4, 0.5) is 0 Å². The first kappa shape index (κ1) is 45.9. The van der Waals surface area contributed by atoms with E-state index in [1.165, 1.54) is 34.1 Å². The number of esters is 2. The molecule has 2 unspecified atom stereocenters. The van der Waals surface area contributed by atoms with Crippen molar-refractivity contribution in [1.82, 2.24) is 9.88 Å². The number of hydrogen-bond donors (Lipinski definition) is 5. The van der Waals surface area contributed by atoms with E-state index >= 15 is 0 Å². The van der Waals surface area contributed by atoms with Crippen molar-refractivity contribution in [3.8, 4) is 0 Å². The van der Waals surface area contributed by atoms with Gasteiger partial charge in [-0.25, -0.2) is 4.79 Å². The zero-order valence-corrected chi connectivity index (χ0v) is 34.9. The fourth-order valence-corrected chi connectivity index (χ4v) is 9.13. The Balaban J connectivity index is 1.72. The Morgan fingerprint density at radius 1 is 1.00 bits per heavy atom. The molecule has 3 heterocycles. The quantitative estimate of drug-likeness (QED) is 0.232. The second-order valence-electron chi connectivity index (χ2n) is 17.0. The summed E-state index contributed by atoms with van der Waals surface area (Å²) in [5.74, 6) is -5.32. The smallest absolute Gasteiger partial charge is 0.338 e. The lowest BCUT2D eigenvalue weighted by Gasteiger charge is -2.51. The van der Waals surface area contributed by atoms with Gasteiger partial charge in [-0.1, -0.05) is 39.0 Å². The van der Waals surface area contributed by atoms with Crippen LogP contribution in [0.25, 0.3) is 10.9 Å². The van der Waals surface area contributed by atoms with Crippen LogP contribution in [0.15, 0.2) is 36.5 Å². The Labute approximate surface area is 331 Å². The zero-order valence-electron chi connectivity index (χ0n) is 34.9. The maximum absolute atomic E-state index is 13.9. The second kappa shape index (κ2) is 18.4. The highest BCUT2D eigenvalue weighted by Gasteiger charge is 2.56. The van der Waals surface area contributed by atoms with E-state index in [0.717, 1.165) is 0 Å². The van der Waals surface area contributed by atoms with Crippen molar-refractivity contribution in [3.63, 3.8) is 0 Å². The van der Waals surface area contributed by atoms with Gasteiger partial charge in [-0.05, 0) is 92.4 Å². The fraction of sp³-hybridized carbons (Fsp3) is 0.738. The van der Waals surface area contributed by atoms with Gasteiger partial charge < -0.3 is 54.1 Å². The largest absolute Gasteiger partial charge is 0.462 e. The SMILES string of the molecule is CC[C@H]1OC(=O)[C@H](C)[C@@H](O)[C@H](C)[C@@H](O[C@@H]2O[C@H](C)C[C@H](N(C)C)[C@H]2O)[C@](C)(OC)C[C@@H](C)C(O)C(C)(O)[C@@H](CCOC(=O)c2ccnc3ccccc23)[C@]1(C)O. The molecule has 0 amide bonds. The van der Waals surface area contributed by atoms with Crippen LogP contribution in [-0.4, -0.2) is 141 Å². The number of carbonyl (C=O) groups is 2. The molecule has 15 atom stereocenters. The van der Waals surface area contributed by atoms with Gasteiger partial charge in [0.1, 0.15) is 17.8 Å². The van der Waals surface area contributed by atoms with E-state index in [0.29, 0.717) is 22.9 Å². The minimum absolute atomic E-state index is 0.0625. The highest BCUT2D eigenvalue weighted by atomic mass is 16.7. The Morgan fingerprint density at radius 3 is 2.29 bits per heavy atom. The molecular formula is C42H66N2O12. The predicted molar refractivity (Wildman–Crippen MR) is 208 cm³/mol. The van der Waals surface area contributed by atoms with E-state index in [1.807, 2.05) is 32.0 Å². The molecule has 1 aromatic carbocycles. The summed E-state index contributed by atoms with van der Waals surface area (Å²) in [7, 11) is 5.19. The van der Waals surface area contributed by atoms with E-state index in [1.54, 1.807) is 52.0 Å². The van der Waals surface area contributed by atoms with Gasteiger partial charge in [0, 0.05) is 36.6 Å². The molecule has 0 spiro atoms. The molecule has 2 aromatic rings. The zero-order chi connectivity index (χ0) is 41.9. The summed E-state index contributed by atoms with van der Waals surface area (Å²) in [4.78, 5) is 33.4. The lowest BCUT2D eigenvalue weighted by molar-refractivity contribution is -0.303. The average molecular weight is 791 g/mol. The molecule has 2 aliphatic heterocycles. The number of ether oxygens (including phenoxy) is 5. The van der Waals surface area contributed by atoms with Crippen LogP contribution in [0.2, 0.25) is 0 Å². The number of fused-ring (bicyclic) bond motifs is 1. The molecule has 2 fully saturated rings. The number of benzene rings is 1. The number of nitrogens with zero attached hydrogens (tertiary/aromatic N) is 2. The number of aliphatic hydroxyl groups excluding tert-OH is 3. The third kappa shape index (κ3) is 9.56. The summed E-state index contributed by atoms with van der Waals surface area (Å²) in [5, 5.41) is 60.7. The number of para-hydroxylation sites is 1. The second-order valence-corrected chi connectivity index (χ2v) is 17.0. The Hall–Kier alpha value is -2.79. The van der Waals surface area contributed by atoms with Gasteiger partial charge in [-0.2, -0.15) is 0 Å². The van der Waals surface area contributed by atoms with Crippen LogP contribution in [0.3, 0.4) is 0 Å². The topological polar surface area (TPSA) is 198 Å². The predicted octanol–water partition coefficient (Wildman–Crippen LogP) is 3.47. The van der Waals surface area contributed by atoms with Crippen molar-refractivity contribution in [2.24, 2.45) is 23.7 Å². The van der Waals surface area contributed by atoms with E-state index in [2.05, 4.69) is 4.98 Å². The molecule has 0 saturated carbocycles. The maximum atomic E-state index is 13.9. The van der Waals surface area contributed by atoms with Crippen LogP contribution < -0.4 is 0 Å². The number of rotatable bonds is 9. The van der Waals surface area contributed by atoms with Gasteiger partial charge >= 0.3 is 11.9 Å². The van der Waals surface area contributed by atoms with E-state index in [4.69, 9.17) is 23.7 Å². The van der Waals surface area contributed by atoms with E-state index in [-0.39, 0.29) is 38.0 Å². The van der Waals surface area contributed by atoms with Crippen LogP contribution in [0.5, 0.6) is 0 Å². The first-order chi connectivity index (χ1) is 26.1. The lowest BCUT2D eigenvalue weighted by Crippen LogP contribution is -2.63. The molecule has 14 nitrogen and oxygen atoms in total. The summed E-state index contributed by atoms with van der Waals surface area (Å²) >= 11 is 0. The number of aliphatic hydroxyl groups is 5. The molecule has 14 heteroatoms. The molecule has 0 aliphatic carbocycles. The minimum atomic E-state index is -2.05. The number of likely N-dealkylation sites (N-methyl/N-ethyl adjacent to an activating group) is 1. The number of methoxy groups -OCH3 is 1. The molecule has 1 aromatic heterocycles. The summed E-state index contributed by atoms with van der Waals surface area (Å²) < 4.78 is 30.6. The minimum Gasteiger partial charge on any atom is -0.462 e. The third-order valence-electron chi connectivity index (χ3n) is 12.6. The van der Waals surface area contributed by atoms with Crippen molar-refractivity contribution in [2.75, 3.05) is 27.8 Å². The molecule has 2 aliphatic rings. The first-order valence-electron chi connectivity index (χ1n) is 19.8. The molecule has 0 radical (unpaired) electrons. The molecular weight excluding hydrogens is 724 g/mol. The Kier molecular flexibility index (Phi) is 15.1. The fourth-order valence-electron chi connectivity index (χ4n) is 9.13. The van der Waals surface area contributed by atoms with Crippen LogP contribution in [-0.2, 0) is 28.5 Å². The van der Waals surface area contributed by atoms with Gasteiger partial charge in [0.2, 0.25) is 0 Å². The Morgan fingerprint density at radius 2 is 1.66 bits per heavy atom. The molecule has 56 heavy (non-hydrogen) atoms. The summed E-state index contributed by atoms with van der Waals surface area (Å²) in [5.41, 5.74) is -4.40. The molecule has 316 valence electrons. The average Bonchev–Trinajstić information content (AvgIpc) is 3.16. The molecule has 2 saturated heterocycles. The van der Waals surface area contributed by atoms with Gasteiger partial charge in [0.25, 0.3) is 0 Å². The number of cyclic esters (lactones) is 1. The van der Waals surface area contributed by atoms with Crippen LogP contribution in [0.1, 0.15) is 91.4 Å². The number of hydrogen-bond acceptors (Lipinski definition) is 14. The summed E-state index contributed by atoms with van der Waals surface area (Å²) in [6.45, 7) is 12.9. The lowest BCUT2D eigenvalue weighted by atomic mass is 9.66. The van der Waals surface area contributed by atoms with Gasteiger partial charge in [-0.3, -0.25) is 9.78 Å². The molecule has 5 N–H and O–H groups in total. The van der Waals surface area contributed by atoms with Crippen molar-refractivity contribution >= 4 is 22.8 Å². The Bertz CT molecular complexity index is 1620. The monoisotopic (exact) mass is 790 g/mol. The van der Waals surface area contributed by atoms with Crippen molar-refractivity contribution < 1.29 is 58.8 Å². The van der Waals surface area contributed by atoms with Crippen molar-refractivity contribution in [3.05, 3.63) is 42.1 Å². The van der Waals surface area contributed by atoms with E-state index in [9.17, 15) is 35.1 Å². The number of pyridine rings is 1. The van der Waals surface area contributed by atoms with Crippen molar-refractivity contribution in [2.45, 2.75) is 147 Å². The highest BCUT2D eigenvalue weighted by Crippen LogP contribution is 2.44. The van der Waals surface area contributed by atoms with Gasteiger partial charge in [-0.15, -0.1) is 0 Å². The summed E-state index contributed by atoms with van der Waals surface area (Å²) in [6.07, 6.45) is -5.42. The molecule has 0 bridgehead atoms. The van der Waals surface area contributed by atoms with Crippen LogP contribution >= 0.6 is 0 Å². The highest BCUT2D eigenvalue weighted by molar-refractivity contribution is 6.03. The third-order valence-corrected chi connectivity index (χ3v) is 12.6. The van der Waals surface area contributed by atoms with Crippen molar-refractivity contribution in [1.29, 1.82) is 0 Å².